The first-order chi connectivity index (χ1) is 7.47. The van der Waals surface area contributed by atoms with Crippen molar-refractivity contribution in [1.82, 2.24) is 0 Å². The Labute approximate surface area is 98.0 Å². The molecule has 1 fully saturated rings. The fourth-order valence-corrected chi connectivity index (χ4v) is 2.51. The molecular formula is C12H12ClFO2. The second-order valence-electron chi connectivity index (χ2n) is 4.32. The minimum absolute atomic E-state index is 0.0427. The van der Waals surface area contributed by atoms with Crippen molar-refractivity contribution in [3.63, 3.8) is 0 Å². The fourth-order valence-electron chi connectivity index (χ4n) is 2.29. The van der Waals surface area contributed by atoms with E-state index >= 15 is 0 Å². The summed E-state index contributed by atoms with van der Waals surface area (Å²) < 4.78 is 13.4. The Morgan fingerprint density at radius 1 is 1.50 bits per heavy atom. The molecule has 16 heavy (non-hydrogen) atoms. The Bertz CT molecular complexity index is 453. The summed E-state index contributed by atoms with van der Waals surface area (Å²) in [7, 11) is 0. The van der Waals surface area contributed by atoms with Gasteiger partial charge in [0.1, 0.15) is 5.82 Å². The Morgan fingerprint density at radius 2 is 2.12 bits per heavy atom. The van der Waals surface area contributed by atoms with Gasteiger partial charge in [-0.3, -0.25) is 4.79 Å². The zero-order valence-corrected chi connectivity index (χ0v) is 9.64. The van der Waals surface area contributed by atoms with Crippen LogP contribution < -0.4 is 0 Å². The number of aryl methyl sites for hydroxylation is 1. The average molecular weight is 243 g/mol. The van der Waals surface area contributed by atoms with Crippen LogP contribution in [-0.4, -0.2) is 11.1 Å². The molecule has 1 aromatic rings. The zero-order valence-electron chi connectivity index (χ0n) is 8.89. The van der Waals surface area contributed by atoms with E-state index in [4.69, 9.17) is 11.6 Å². The van der Waals surface area contributed by atoms with Crippen LogP contribution in [0.1, 0.15) is 30.4 Å². The topological polar surface area (TPSA) is 37.3 Å². The molecule has 0 spiro atoms. The average Bonchev–Trinajstić information content (AvgIpc) is 2.11. The summed E-state index contributed by atoms with van der Waals surface area (Å²) in [4.78, 5) is 11.3. The van der Waals surface area contributed by atoms with E-state index in [1.165, 1.54) is 12.1 Å². The van der Waals surface area contributed by atoms with Crippen molar-refractivity contribution >= 4 is 17.6 Å². The third kappa shape index (κ3) is 1.50. The molecule has 0 saturated heterocycles. The highest BCUT2D eigenvalue weighted by Gasteiger charge is 2.47. The van der Waals surface area contributed by atoms with Crippen LogP contribution in [0, 0.1) is 12.7 Å². The molecule has 0 aromatic heterocycles. The van der Waals surface area contributed by atoms with E-state index in [9.17, 15) is 14.3 Å². The van der Waals surface area contributed by atoms with E-state index in [2.05, 4.69) is 0 Å². The molecule has 0 unspecified atom stereocenters. The van der Waals surface area contributed by atoms with Crippen molar-refractivity contribution in [1.29, 1.82) is 0 Å². The van der Waals surface area contributed by atoms with E-state index in [1.54, 1.807) is 6.92 Å². The van der Waals surface area contributed by atoms with Gasteiger partial charge in [0.15, 0.2) is 0 Å². The molecule has 0 amide bonds. The molecule has 4 heteroatoms. The summed E-state index contributed by atoms with van der Waals surface area (Å²) in [6, 6.07) is 2.76. The Morgan fingerprint density at radius 3 is 2.56 bits per heavy atom. The number of carbonyl (C=O) groups is 1. The van der Waals surface area contributed by atoms with E-state index in [0.29, 0.717) is 18.4 Å². The second-order valence-corrected chi connectivity index (χ2v) is 4.73. The number of benzene rings is 1. The van der Waals surface area contributed by atoms with Gasteiger partial charge >= 0.3 is 5.97 Å². The molecule has 1 saturated carbocycles. The zero-order chi connectivity index (χ0) is 11.9. The lowest BCUT2D eigenvalue weighted by atomic mass is 9.63. The molecule has 2 nitrogen and oxygen atoms in total. The van der Waals surface area contributed by atoms with E-state index in [0.717, 1.165) is 12.0 Å². The first-order valence-electron chi connectivity index (χ1n) is 5.17. The number of rotatable bonds is 2. The summed E-state index contributed by atoms with van der Waals surface area (Å²) in [6.45, 7) is 1.77. The monoisotopic (exact) mass is 242 g/mol. The van der Waals surface area contributed by atoms with Crippen LogP contribution in [0.3, 0.4) is 0 Å². The molecule has 0 aliphatic heterocycles. The summed E-state index contributed by atoms with van der Waals surface area (Å²) in [5, 5.41) is 9.31. The van der Waals surface area contributed by atoms with Gasteiger partial charge in [0, 0.05) is 0 Å². The highest BCUT2D eigenvalue weighted by molar-refractivity contribution is 6.30. The Kier molecular flexibility index (Phi) is 2.66. The predicted molar refractivity (Wildman–Crippen MR) is 59.3 cm³/mol. The molecule has 0 radical (unpaired) electrons. The van der Waals surface area contributed by atoms with Crippen LogP contribution >= 0.6 is 11.6 Å². The molecule has 0 bridgehead atoms. The van der Waals surface area contributed by atoms with Crippen molar-refractivity contribution < 1.29 is 14.3 Å². The van der Waals surface area contributed by atoms with Gasteiger partial charge in [0.2, 0.25) is 0 Å². The SMILES string of the molecule is Cc1cc(Cl)c(F)cc1C1(C(=O)O)CCC1. The number of hydrogen-bond acceptors (Lipinski definition) is 1. The first-order valence-corrected chi connectivity index (χ1v) is 5.55. The minimum Gasteiger partial charge on any atom is -0.481 e. The Balaban J connectivity index is 2.55. The van der Waals surface area contributed by atoms with Gasteiger partial charge in [-0.1, -0.05) is 18.0 Å². The molecule has 86 valence electrons. The van der Waals surface area contributed by atoms with Crippen molar-refractivity contribution in [3.05, 3.63) is 34.1 Å². The summed E-state index contributed by atoms with van der Waals surface area (Å²) >= 11 is 5.65. The lowest BCUT2D eigenvalue weighted by Crippen LogP contribution is -2.43. The lowest BCUT2D eigenvalue weighted by Gasteiger charge is -2.39. The third-order valence-corrected chi connectivity index (χ3v) is 3.69. The third-order valence-electron chi connectivity index (χ3n) is 3.40. The number of aliphatic carboxylic acids is 1. The lowest BCUT2D eigenvalue weighted by molar-refractivity contribution is -0.147. The molecule has 0 atom stereocenters. The maximum Gasteiger partial charge on any atom is 0.314 e. The molecule has 1 aromatic carbocycles. The quantitative estimate of drug-likeness (QED) is 0.864. The molecule has 1 N–H and O–H groups in total. The maximum atomic E-state index is 13.4. The molecule has 2 rings (SSSR count). The summed E-state index contributed by atoms with van der Waals surface area (Å²) in [5.41, 5.74) is 0.414. The van der Waals surface area contributed by atoms with Crippen LogP contribution in [0.4, 0.5) is 4.39 Å². The van der Waals surface area contributed by atoms with Gasteiger partial charge in [0.25, 0.3) is 0 Å². The van der Waals surface area contributed by atoms with Gasteiger partial charge in [-0.2, -0.15) is 0 Å². The second kappa shape index (κ2) is 3.74. The standard InChI is InChI=1S/C12H12ClFO2/c1-7-5-9(13)10(14)6-8(7)12(11(15)16)3-2-4-12/h5-6H,2-4H2,1H3,(H,15,16). The molecule has 1 aliphatic rings. The van der Waals surface area contributed by atoms with Gasteiger partial charge in [-0.15, -0.1) is 0 Å². The van der Waals surface area contributed by atoms with E-state index < -0.39 is 17.2 Å². The number of hydrogen-bond donors (Lipinski definition) is 1. The van der Waals surface area contributed by atoms with Gasteiger partial charge < -0.3 is 5.11 Å². The highest BCUT2D eigenvalue weighted by Crippen LogP contribution is 2.45. The summed E-state index contributed by atoms with van der Waals surface area (Å²) in [6.07, 6.45) is 2.02. The first kappa shape index (κ1) is 11.4. The molecule has 1 aliphatic carbocycles. The van der Waals surface area contributed by atoms with Crippen molar-refractivity contribution in [2.45, 2.75) is 31.6 Å². The van der Waals surface area contributed by atoms with Crippen molar-refractivity contribution in [2.75, 3.05) is 0 Å². The van der Waals surface area contributed by atoms with Crippen LogP contribution in [0.15, 0.2) is 12.1 Å². The van der Waals surface area contributed by atoms with Gasteiger partial charge in [-0.05, 0) is 43.0 Å². The van der Waals surface area contributed by atoms with Gasteiger partial charge in [-0.25, -0.2) is 4.39 Å². The molecular weight excluding hydrogens is 231 g/mol. The Hall–Kier alpha value is -1.09. The number of carboxylic acid groups (broad SMARTS) is 1. The van der Waals surface area contributed by atoms with Crippen molar-refractivity contribution in [2.24, 2.45) is 0 Å². The van der Waals surface area contributed by atoms with Gasteiger partial charge in [0.05, 0.1) is 10.4 Å². The fraction of sp³-hybridized carbons (Fsp3) is 0.417. The predicted octanol–water partition coefficient (Wildman–Crippen LogP) is 3.29. The van der Waals surface area contributed by atoms with Crippen LogP contribution in [0.25, 0.3) is 0 Å². The van der Waals surface area contributed by atoms with Crippen LogP contribution in [0.2, 0.25) is 5.02 Å². The normalized spacial score (nSPS) is 17.9. The van der Waals surface area contributed by atoms with E-state index in [-0.39, 0.29) is 5.02 Å². The van der Waals surface area contributed by atoms with Crippen LogP contribution in [0.5, 0.6) is 0 Å². The largest absolute Gasteiger partial charge is 0.481 e. The highest BCUT2D eigenvalue weighted by atomic mass is 35.5. The van der Waals surface area contributed by atoms with Crippen molar-refractivity contribution in [3.8, 4) is 0 Å². The number of halogens is 2. The number of carboxylic acids is 1. The van der Waals surface area contributed by atoms with E-state index in [1.807, 2.05) is 0 Å². The van der Waals surface area contributed by atoms with Crippen LogP contribution in [-0.2, 0) is 10.2 Å². The minimum atomic E-state index is -0.893. The maximum absolute atomic E-state index is 13.4. The smallest absolute Gasteiger partial charge is 0.314 e. The summed E-state index contributed by atoms with van der Waals surface area (Å²) in [5.74, 6) is -1.42. The molecule has 0 heterocycles.